The van der Waals surface area contributed by atoms with E-state index in [9.17, 15) is 9.59 Å². The summed E-state index contributed by atoms with van der Waals surface area (Å²) in [6.07, 6.45) is 2.04. The van der Waals surface area contributed by atoms with Crippen molar-refractivity contribution >= 4 is 17.6 Å². The first-order chi connectivity index (χ1) is 11.4. The fourth-order valence-electron chi connectivity index (χ4n) is 2.04. The number of carbonyl (C=O) groups excluding carboxylic acids is 1. The molecule has 0 saturated carbocycles. The Morgan fingerprint density at radius 1 is 1.17 bits per heavy atom. The average molecular weight is 328 g/mol. The summed E-state index contributed by atoms with van der Waals surface area (Å²) < 4.78 is 5.44. The van der Waals surface area contributed by atoms with Gasteiger partial charge in [0.05, 0.1) is 11.7 Å². The number of ether oxygens (including phenoxy) is 1. The van der Waals surface area contributed by atoms with Gasteiger partial charge in [-0.3, -0.25) is 9.59 Å². The second-order valence-corrected chi connectivity index (χ2v) is 5.60. The third-order valence-electron chi connectivity index (χ3n) is 3.19. The number of rotatable bonds is 7. The zero-order valence-electron chi connectivity index (χ0n) is 13.7. The summed E-state index contributed by atoms with van der Waals surface area (Å²) in [4.78, 5) is 26.8. The molecule has 0 aliphatic carbocycles. The maximum Gasteiger partial charge on any atom is 0.303 e. The third-order valence-corrected chi connectivity index (χ3v) is 3.19. The number of pyridine rings is 1. The van der Waals surface area contributed by atoms with Gasteiger partial charge in [0, 0.05) is 24.4 Å². The normalized spacial score (nSPS) is 10.5. The lowest BCUT2D eigenvalue weighted by Crippen LogP contribution is -2.13. The summed E-state index contributed by atoms with van der Waals surface area (Å²) in [6, 6.07) is 10.4. The third kappa shape index (κ3) is 5.39. The van der Waals surface area contributed by atoms with Crippen LogP contribution < -0.4 is 10.1 Å². The highest BCUT2D eigenvalue weighted by atomic mass is 16.5. The molecule has 6 nitrogen and oxygen atoms in total. The predicted molar refractivity (Wildman–Crippen MR) is 90.4 cm³/mol. The molecule has 24 heavy (non-hydrogen) atoms. The Labute approximate surface area is 140 Å². The lowest BCUT2D eigenvalue weighted by Gasteiger charge is -2.09. The lowest BCUT2D eigenvalue weighted by atomic mass is 10.1. The lowest BCUT2D eigenvalue weighted by molar-refractivity contribution is -0.136. The highest BCUT2D eigenvalue weighted by Crippen LogP contribution is 2.14. The van der Waals surface area contributed by atoms with Crippen LogP contribution in [-0.4, -0.2) is 28.1 Å². The smallest absolute Gasteiger partial charge is 0.303 e. The van der Waals surface area contributed by atoms with Crippen LogP contribution in [0.25, 0.3) is 0 Å². The number of aryl methyl sites for hydroxylation is 1. The molecule has 0 bridgehead atoms. The summed E-state index contributed by atoms with van der Waals surface area (Å²) in [5.41, 5.74) is 1.98. The van der Waals surface area contributed by atoms with Gasteiger partial charge in [0.1, 0.15) is 0 Å². The van der Waals surface area contributed by atoms with Crippen LogP contribution in [0.2, 0.25) is 0 Å². The number of benzene rings is 1. The molecule has 0 fully saturated rings. The van der Waals surface area contributed by atoms with E-state index >= 15 is 0 Å². The van der Waals surface area contributed by atoms with Gasteiger partial charge in [-0.1, -0.05) is 12.1 Å². The minimum absolute atomic E-state index is 0.0248. The van der Waals surface area contributed by atoms with Crippen LogP contribution in [0.15, 0.2) is 42.6 Å². The van der Waals surface area contributed by atoms with E-state index in [0.717, 1.165) is 5.56 Å². The zero-order chi connectivity index (χ0) is 17.5. The number of anilines is 1. The van der Waals surface area contributed by atoms with Gasteiger partial charge in [-0.2, -0.15) is 0 Å². The molecule has 6 heteroatoms. The van der Waals surface area contributed by atoms with Crippen molar-refractivity contribution in [3.8, 4) is 5.88 Å². The van der Waals surface area contributed by atoms with Gasteiger partial charge < -0.3 is 15.2 Å². The Morgan fingerprint density at radius 3 is 2.42 bits per heavy atom. The second kappa shape index (κ2) is 8.10. The number of aliphatic carboxylic acids is 1. The Hall–Kier alpha value is -2.89. The number of nitrogens with zero attached hydrogens (tertiary/aromatic N) is 1. The van der Waals surface area contributed by atoms with Crippen LogP contribution in [0.4, 0.5) is 5.69 Å². The molecule has 1 aromatic heterocycles. The Morgan fingerprint density at radius 2 is 1.88 bits per heavy atom. The number of amides is 1. The minimum atomic E-state index is -0.829. The summed E-state index contributed by atoms with van der Waals surface area (Å²) in [5, 5.41) is 11.4. The van der Waals surface area contributed by atoms with Gasteiger partial charge in [-0.05, 0) is 44.0 Å². The van der Waals surface area contributed by atoms with Crippen LogP contribution >= 0.6 is 0 Å². The Balaban J connectivity index is 1.95. The molecule has 2 aromatic rings. The minimum Gasteiger partial charge on any atom is -0.481 e. The molecule has 2 N–H and O–H groups in total. The van der Waals surface area contributed by atoms with E-state index in [2.05, 4.69) is 10.3 Å². The first kappa shape index (κ1) is 17.5. The zero-order valence-corrected chi connectivity index (χ0v) is 13.7. The number of aromatic nitrogens is 1. The molecule has 2 rings (SSSR count). The number of hydrogen-bond donors (Lipinski definition) is 2. The maximum absolute atomic E-state index is 12.2. The molecule has 1 aromatic carbocycles. The Kier molecular flexibility index (Phi) is 5.89. The maximum atomic E-state index is 12.2. The standard InChI is InChI=1S/C18H20N2O4/c1-12(2)24-16-9-6-14(11-19-16)18(23)20-15-7-3-13(4-8-15)5-10-17(21)22/h3-4,6-9,11-12H,5,10H2,1-2H3,(H,20,23)(H,21,22). The molecular formula is C18H20N2O4. The molecule has 1 amide bonds. The summed E-state index contributed by atoms with van der Waals surface area (Å²) in [6.45, 7) is 3.81. The number of carbonyl (C=O) groups is 2. The fraction of sp³-hybridized carbons (Fsp3) is 0.278. The van der Waals surface area contributed by atoms with Crippen molar-refractivity contribution in [3.63, 3.8) is 0 Å². The van der Waals surface area contributed by atoms with Crippen molar-refractivity contribution in [1.82, 2.24) is 4.98 Å². The van der Waals surface area contributed by atoms with Crippen molar-refractivity contribution in [2.24, 2.45) is 0 Å². The van der Waals surface area contributed by atoms with Gasteiger partial charge >= 0.3 is 5.97 Å². The molecule has 1 heterocycles. The molecule has 0 aliphatic rings. The van der Waals surface area contributed by atoms with E-state index in [0.29, 0.717) is 23.6 Å². The summed E-state index contributed by atoms with van der Waals surface area (Å²) >= 11 is 0. The van der Waals surface area contributed by atoms with Crippen LogP contribution in [0.1, 0.15) is 36.2 Å². The molecule has 0 aliphatic heterocycles. The number of hydrogen-bond acceptors (Lipinski definition) is 4. The summed E-state index contributed by atoms with van der Waals surface area (Å²) in [5.74, 6) is -0.619. The van der Waals surface area contributed by atoms with Gasteiger partial charge in [-0.25, -0.2) is 4.98 Å². The largest absolute Gasteiger partial charge is 0.481 e. The molecule has 0 spiro atoms. The first-order valence-electron chi connectivity index (χ1n) is 7.69. The van der Waals surface area contributed by atoms with Gasteiger partial charge in [0.15, 0.2) is 0 Å². The highest BCUT2D eigenvalue weighted by molar-refractivity contribution is 6.04. The van der Waals surface area contributed by atoms with Crippen molar-refractivity contribution < 1.29 is 19.4 Å². The van der Waals surface area contributed by atoms with Crippen LogP contribution in [0, 0.1) is 0 Å². The van der Waals surface area contributed by atoms with E-state index in [-0.39, 0.29) is 18.4 Å². The van der Waals surface area contributed by atoms with Crippen LogP contribution in [0.5, 0.6) is 5.88 Å². The van der Waals surface area contributed by atoms with Gasteiger partial charge in [0.25, 0.3) is 5.91 Å². The Bertz CT molecular complexity index is 694. The summed E-state index contributed by atoms with van der Waals surface area (Å²) in [7, 11) is 0. The van der Waals surface area contributed by atoms with E-state index in [1.165, 1.54) is 6.20 Å². The molecule has 0 unspecified atom stereocenters. The van der Waals surface area contributed by atoms with E-state index in [1.807, 2.05) is 13.8 Å². The molecule has 126 valence electrons. The molecule has 0 saturated heterocycles. The van der Waals surface area contributed by atoms with E-state index in [1.54, 1.807) is 36.4 Å². The number of nitrogens with one attached hydrogen (secondary N) is 1. The number of carboxylic acid groups (broad SMARTS) is 1. The monoisotopic (exact) mass is 328 g/mol. The van der Waals surface area contributed by atoms with Crippen LogP contribution in [0.3, 0.4) is 0 Å². The molecular weight excluding hydrogens is 308 g/mol. The SMILES string of the molecule is CC(C)Oc1ccc(C(=O)Nc2ccc(CCC(=O)O)cc2)cn1. The van der Waals surface area contributed by atoms with Gasteiger partial charge in [0.2, 0.25) is 5.88 Å². The first-order valence-corrected chi connectivity index (χ1v) is 7.69. The quantitative estimate of drug-likeness (QED) is 0.815. The average Bonchev–Trinajstić information content (AvgIpc) is 2.54. The predicted octanol–water partition coefficient (Wildman–Crippen LogP) is 3.14. The van der Waals surface area contributed by atoms with Crippen LogP contribution in [-0.2, 0) is 11.2 Å². The van der Waals surface area contributed by atoms with Crippen molar-refractivity contribution in [2.75, 3.05) is 5.32 Å². The van der Waals surface area contributed by atoms with Gasteiger partial charge in [-0.15, -0.1) is 0 Å². The van der Waals surface area contributed by atoms with Crippen molar-refractivity contribution in [1.29, 1.82) is 0 Å². The van der Waals surface area contributed by atoms with E-state index < -0.39 is 5.97 Å². The number of carboxylic acids is 1. The van der Waals surface area contributed by atoms with Crippen molar-refractivity contribution in [2.45, 2.75) is 32.8 Å². The second-order valence-electron chi connectivity index (χ2n) is 5.60. The van der Waals surface area contributed by atoms with E-state index in [4.69, 9.17) is 9.84 Å². The van der Waals surface area contributed by atoms with Crippen molar-refractivity contribution in [3.05, 3.63) is 53.7 Å². The molecule has 0 atom stereocenters. The topological polar surface area (TPSA) is 88.5 Å². The fourth-order valence-corrected chi connectivity index (χ4v) is 2.04. The molecule has 0 radical (unpaired) electrons. The highest BCUT2D eigenvalue weighted by Gasteiger charge is 2.08.